The van der Waals surface area contributed by atoms with E-state index in [1.165, 1.54) is 31.9 Å². The Kier molecular flexibility index (Phi) is 7.60. The number of hydrogen-bond acceptors (Lipinski definition) is 1. The predicted octanol–water partition coefficient (Wildman–Crippen LogP) is 5.21. The van der Waals surface area contributed by atoms with Crippen molar-refractivity contribution in [1.82, 2.24) is 0 Å². The van der Waals surface area contributed by atoms with Crippen LogP contribution in [0.3, 0.4) is 0 Å². The van der Waals surface area contributed by atoms with Crippen LogP contribution in [0.4, 0.5) is 0 Å². The molecular weight excluding hydrogens is 457 g/mol. The van der Waals surface area contributed by atoms with Crippen molar-refractivity contribution in [3.05, 3.63) is 120 Å². The summed E-state index contributed by atoms with van der Waals surface area (Å²) >= 11 is 0. The first-order chi connectivity index (χ1) is 16.6. The SMILES string of the molecule is CC(C)(C)c1cccc([Si](O[Si](c2ccccc2)c2cccc(C(C)(C)C)c2)c2ccccc2)c1. The van der Waals surface area contributed by atoms with Crippen LogP contribution in [-0.2, 0) is 14.9 Å². The van der Waals surface area contributed by atoms with Crippen LogP contribution in [0.25, 0.3) is 0 Å². The fourth-order valence-corrected chi connectivity index (χ4v) is 9.53. The van der Waals surface area contributed by atoms with Gasteiger partial charge in [-0.15, -0.1) is 0 Å². The molecule has 3 heteroatoms. The second-order valence-corrected chi connectivity index (χ2v) is 15.6. The van der Waals surface area contributed by atoms with Crippen molar-refractivity contribution in [2.45, 2.75) is 52.4 Å². The first-order valence-electron chi connectivity index (χ1n) is 12.4. The maximum atomic E-state index is 7.33. The Morgan fingerprint density at radius 1 is 0.429 bits per heavy atom. The third kappa shape index (κ3) is 6.29. The van der Waals surface area contributed by atoms with Gasteiger partial charge in [0.1, 0.15) is 0 Å². The first-order valence-corrected chi connectivity index (χ1v) is 15.2. The summed E-state index contributed by atoms with van der Waals surface area (Å²) in [6, 6.07) is 39.8. The maximum absolute atomic E-state index is 7.33. The normalized spacial score (nSPS) is 12.3. The molecule has 0 unspecified atom stereocenters. The highest BCUT2D eigenvalue weighted by Crippen LogP contribution is 2.22. The summed E-state index contributed by atoms with van der Waals surface area (Å²) in [5, 5.41) is 5.18. The average Bonchev–Trinajstić information content (AvgIpc) is 2.85. The van der Waals surface area contributed by atoms with Gasteiger partial charge in [0.2, 0.25) is 0 Å². The number of benzene rings is 4. The Labute approximate surface area is 215 Å². The van der Waals surface area contributed by atoms with Crippen molar-refractivity contribution in [2.24, 2.45) is 0 Å². The third-order valence-electron chi connectivity index (χ3n) is 6.26. The van der Waals surface area contributed by atoms with Gasteiger partial charge in [-0.3, -0.25) is 0 Å². The molecule has 2 radical (unpaired) electrons. The van der Waals surface area contributed by atoms with Crippen molar-refractivity contribution in [3.63, 3.8) is 0 Å². The van der Waals surface area contributed by atoms with Crippen molar-refractivity contribution >= 4 is 38.8 Å². The average molecular weight is 493 g/mol. The van der Waals surface area contributed by atoms with Crippen LogP contribution in [0.15, 0.2) is 109 Å². The molecule has 0 aliphatic rings. The standard InChI is InChI=1S/C32H36OSi2/c1-31(2,3)25-15-13-21-29(23-25)34(27-17-9-7-10-18-27)33-35(28-19-11-8-12-20-28)30-22-14-16-26(24-30)32(4,5)6/h7-24H,1-6H3. The van der Waals surface area contributed by atoms with E-state index < -0.39 is 18.1 Å². The minimum absolute atomic E-state index is 0.0912. The molecule has 0 aliphatic heterocycles. The van der Waals surface area contributed by atoms with E-state index in [0.717, 1.165) is 0 Å². The van der Waals surface area contributed by atoms with Crippen LogP contribution in [0.2, 0.25) is 0 Å². The molecule has 0 atom stereocenters. The van der Waals surface area contributed by atoms with Gasteiger partial charge in [-0.05, 0) is 42.7 Å². The molecule has 0 N–H and O–H groups in total. The first kappa shape index (κ1) is 25.4. The minimum atomic E-state index is -1.48. The predicted molar refractivity (Wildman–Crippen MR) is 154 cm³/mol. The van der Waals surface area contributed by atoms with E-state index in [1.54, 1.807) is 0 Å². The van der Waals surface area contributed by atoms with Gasteiger partial charge < -0.3 is 4.12 Å². The van der Waals surface area contributed by atoms with Gasteiger partial charge in [0.15, 0.2) is 0 Å². The molecule has 0 amide bonds. The van der Waals surface area contributed by atoms with E-state index in [0.29, 0.717) is 0 Å². The van der Waals surface area contributed by atoms with Crippen LogP contribution < -0.4 is 20.7 Å². The van der Waals surface area contributed by atoms with Gasteiger partial charge in [-0.1, -0.05) is 151 Å². The van der Waals surface area contributed by atoms with Crippen LogP contribution >= 0.6 is 0 Å². The smallest absolute Gasteiger partial charge is 0.272 e. The lowest BCUT2D eigenvalue weighted by molar-refractivity contribution is 0.590. The second-order valence-electron chi connectivity index (χ2n) is 11.2. The zero-order valence-corrected chi connectivity index (χ0v) is 23.8. The summed E-state index contributed by atoms with van der Waals surface area (Å²) in [5.41, 5.74) is 2.88. The molecule has 0 bridgehead atoms. The molecule has 0 spiro atoms. The Morgan fingerprint density at radius 2 is 0.771 bits per heavy atom. The van der Waals surface area contributed by atoms with Crippen LogP contribution in [-0.4, -0.2) is 18.1 Å². The van der Waals surface area contributed by atoms with Crippen molar-refractivity contribution in [3.8, 4) is 0 Å². The molecule has 0 aromatic heterocycles. The Hall–Kier alpha value is -2.73. The van der Waals surface area contributed by atoms with Gasteiger partial charge in [-0.2, -0.15) is 0 Å². The third-order valence-corrected chi connectivity index (χ3v) is 11.3. The van der Waals surface area contributed by atoms with E-state index in [4.69, 9.17) is 4.12 Å². The fraction of sp³-hybridized carbons (Fsp3) is 0.250. The van der Waals surface area contributed by atoms with Crippen molar-refractivity contribution in [2.75, 3.05) is 0 Å². The highest BCUT2D eigenvalue weighted by molar-refractivity contribution is 6.91. The van der Waals surface area contributed by atoms with Gasteiger partial charge in [-0.25, -0.2) is 0 Å². The van der Waals surface area contributed by atoms with Gasteiger partial charge >= 0.3 is 0 Å². The molecule has 4 aromatic carbocycles. The van der Waals surface area contributed by atoms with Crippen molar-refractivity contribution < 1.29 is 4.12 Å². The molecule has 4 aromatic rings. The molecule has 4 rings (SSSR count). The van der Waals surface area contributed by atoms with Crippen LogP contribution in [0.1, 0.15) is 52.7 Å². The Bertz CT molecular complexity index is 1140. The maximum Gasteiger partial charge on any atom is 0.272 e. The van der Waals surface area contributed by atoms with E-state index in [9.17, 15) is 0 Å². The molecule has 0 saturated carbocycles. The fourth-order valence-electron chi connectivity index (χ4n) is 4.10. The second kappa shape index (κ2) is 10.5. The van der Waals surface area contributed by atoms with Gasteiger partial charge in [0, 0.05) is 0 Å². The minimum Gasteiger partial charge on any atom is -0.442 e. The summed E-state index contributed by atoms with van der Waals surface area (Å²) < 4.78 is 7.33. The van der Waals surface area contributed by atoms with E-state index >= 15 is 0 Å². The van der Waals surface area contributed by atoms with Crippen LogP contribution in [0.5, 0.6) is 0 Å². The summed E-state index contributed by atoms with van der Waals surface area (Å²) in [6.07, 6.45) is 0. The molecule has 0 aliphatic carbocycles. The number of rotatable bonds is 6. The molecular formula is C32H36OSi2. The number of hydrogen-bond donors (Lipinski definition) is 0. The zero-order chi connectivity index (χ0) is 25.1. The summed E-state index contributed by atoms with van der Waals surface area (Å²) in [7, 11) is -2.95. The summed E-state index contributed by atoms with van der Waals surface area (Å²) in [5.74, 6) is 0. The highest BCUT2D eigenvalue weighted by atomic mass is 28.4. The Balaban J connectivity index is 1.84. The largest absolute Gasteiger partial charge is 0.442 e. The quantitative estimate of drug-likeness (QED) is 0.336. The zero-order valence-electron chi connectivity index (χ0n) is 21.8. The lowest BCUT2D eigenvalue weighted by Crippen LogP contribution is -2.56. The lowest BCUT2D eigenvalue weighted by atomic mass is 9.87. The van der Waals surface area contributed by atoms with Gasteiger partial charge in [0.25, 0.3) is 18.1 Å². The van der Waals surface area contributed by atoms with Crippen LogP contribution in [0, 0.1) is 0 Å². The molecule has 1 nitrogen and oxygen atoms in total. The van der Waals surface area contributed by atoms with E-state index in [2.05, 4.69) is 151 Å². The molecule has 0 heterocycles. The lowest BCUT2D eigenvalue weighted by Gasteiger charge is -2.27. The van der Waals surface area contributed by atoms with Crippen molar-refractivity contribution in [1.29, 1.82) is 0 Å². The molecule has 0 saturated heterocycles. The summed E-state index contributed by atoms with van der Waals surface area (Å²) in [6.45, 7) is 13.7. The molecule has 0 fully saturated rings. The highest BCUT2D eigenvalue weighted by Gasteiger charge is 2.29. The molecule has 35 heavy (non-hydrogen) atoms. The topological polar surface area (TPSA) is 9.23 Å². The van der Waals surface area contributed by atoms with E-state index in [-0.39, 0.29) is 10.8 Å². The summed E-state index contributed by atoms with van der Waals surface area (Å²) in [4.78, 5) is 0. The Morgan fingerprint density at radius 3 is 1.11 bits per heavy atom. The van der Waals surface area contributed by atoms with E-state index in [1.807, 2.05) is 0 Å². The van der Waals surface area contributed by atoms with Gasteiger partial charge in [0.05, 0.1) is 0 Å². The molecule has 178 valence electrons. The monoisotopic (exact) mass is 492 g/mol.